The molecule has 4 heteroatoms. The molecule has 1 heterocycles. The van der Waals surface area contributed by atoms with Crippen LogP contribution in [0.25, 0.3) is 0 Å². The van der Waals surface area contributed by atoms with Crippen LogP contribution >= 0.6 is 0 Å². The van der Waals surface area contributed by atoms with Crippen LogP contribution in [-0.2, 0) is 12.8 Å². The molecule has 1 N–H and O–H groups in total. The zero-order valence-corrected chi connectivity index (χ0v) is 10.5. The number of aromatic carboxylic acids is 1. The van der Waals surface area contributed by atoms with Crippen molar-refractivity contribution in [3.05, 3.63) is 22.9 Å². The topological polar surface area (TPSA) is 59.4 Å². The van der Waals surface area contributed by atoms with Crippen molar-refractivity contribution in [2.45, 2.75) is 38.7 Å². The molecule has 1 aromatic rings. The summed E-state index contributed by atoms with van der Waals surface area (Å²) in [6.45, 7) is 3.40. The molecule has 4 nitrogen and oxygen atoms in total. The highest BCUT2D eigenvalue weighted by atomic mass is 16.5. The molecule has 0 amide bonds. The Morgan fingerprint density at radius 3 is 2.89 bits per heavy atom. The number of rotatable bonds is 3. The number of hydrogen-bond acceptors (Lipinski definition) is 3. The smallest absolute Gasteiger partial charge is 0.341 e. The van der Waals surface area contributed by atoms with Crippen LogP contribution in [0.1, 0.15) is 41.9 Å². The lowest BCUT2D eigenvalue weighted by molar-refractivity contribution is 0.0684. The molecule has 1 aliphatic rings. The molecule has 0 saturated heterocycles. The van der Waals surface area contributed by atoms with Gasteiger partial charge in [-0.25, -0.2) is 9.78 Å². The van der Waals surface area contributed by atoms with Crippen LogP contribution in [-0.4, -0.2) is 21.7 Å². The van der Waals surface area contributed by atoms with Crippen LogP contribution in [0.3, 0.4) is 0 Å². The van der Waals surface area contributed by atoms with Gasteiger partial charge in [0, 0.05) is 5.69 Å². The predicted molar refractivity (Wildman–Crippen MR) is 66.8 cm³/mol. The van der Waals surface area contributed by atoms with E-state index < -0.39 is 11.6 Å². The average Bonchev–Trinajstić information content (AvgIpc) is 2.74. The summed E-state index contributed by atoms with van der Waals surface area (Å²) in [6, 6.07) is 1.65. The van der Waals surface area contributed by atoms with Gasteiger partial charge in [-0.2, -0.15) is 0 Å². The van der Waals surface area contributed by atoms with Gasteiger partial charge in [-0.3, -0.25) is 0 Å². The number of nitrogens with zero attached hydrogens (tertiary/aromatic N) is 1. The second-order valence-electron chi connectivity index (χ2n) is 4.86. The molecule has 0 aliphatic heterocycles. The van der Waals surface area contributed by atoms with Crippen molar-refractivity contribution < 1.29 is 14.6 Å². The Kier molecular flexibility index (Phi) is 3.00. The molecule has 2 rings (SSSR count). The average molecular weight is 245 g/mol. The molecular formula is C14H15NO3. The molecule has 1 aromatic heterocycles. The van der Waals surface area contributed by atoms with E-state index in [-0.39, 0.29) is 11.4 Å². The van der Waals surface area contributed by atoms with Crippen LogP contribution < -0.4 is 4.74 Å². The number of hydrogen-bond donors (Lipinski definition) is 1. The van der Waals surface area contributed by atoms with Gasteiger partial charge in [0.05, 0.1) is 0 Å². The molecule has 0 aromatic carbocycles. The van der Waals surface area contributed by atoms with Crippen molar-refractivity contribution in [2.24, 2.45) is 0 Å². The van der Waals surface area contributed by atoms with E-state index in [1.165, 1.54) is 0 Å². The third kappa shape index (κ3) is 2.30. The van der Waals surface area contributed by atoms with E-state index in [0.717, 1.165) is 30.5 Å². The van der Waals surface area contributed by atoms with Gasteiger partial charge < -0.3 is 9.84 Å². The van der Waals surface area contributed by atoms with E-state index in [9.17, 15) is 9.90 Å². The zero-order chi connectivity index (χ0) is 13.3. The normalized spacial score (nSPS) is 13.8. The van der Waals surface area contributed by atoms with Crippen LogP contribution in [0.5, 0.6) is 5.88 Å². The molecule has 0 atom stereocenters. The van der Waals surface area contributed by atoms with E-state index in [4.69, 9.17) is 11.2 Å². The van der Waals surface area contributed by atoms with Crippen molar-refractivity contribution in [1.29, 1.82) is 0 Å². The number of pyridine rings is 1. The summed E-state index contributed by atoms with van der Waals surface area (Å²) in [6.07, 6.45) is 8.09. The Hall–Kier alpha value is -2.02. The van der Waals surface area contributed by atoms with Gasteiger partial charge in [-0.15, -0.1) is 6.42 Å². The van der Waals surface area contributed by atoms with Gasteiger partial charge in [0.15, 0.2) is 5.60 Å². The minimum Gasteiger partial charge on any atom is -0.477 e. The first-order valence-corrected chi connectivity index (χ1v) is 5.86. The second kappa shape index (κ2) is 4.34. The van der Waals surface area contributed by atoms with E-state index in [1.54, 1.807) is 19.9 Å². The van der Waals surface area contributed by atoms with Gasteiger partial charge >= 0.3 is 5.97 Å². The number of carbonyl (C=O) groups is 1. The number of fused-ring (bicyclic) bond motifs is 1. The highest BCUT2D eigenvalue weighted by Gasteiger charge is 2.25. The molecule has 1 aliphatic carbocycles. The van der Waals surface area contributed by atoms with Crippen LogP contribution in [0.4, 0.5) is 0 Å². The first kappa shape index (κ1) is 12.4. The third-order valence-electron chi connectivity index (χ3n) is 2.95. The highest BCUT2D eigenvalue weighted by Crippen LogP contribution is 2.28. The maximum atomic E-state index is 11.2. The van der Waals surface area contributed by atoms with E-state index in [2.05, 4.69) is 10.9 Å². The molecular weight excluding hydrogens is 230 g/mol. The van der Waals surface area contributed by atoms with Crippen molar-refractivity contribution in [3.63, 3.8) is 0 Å². The van der Waals surface area contributed by atoms with Gasteiger partial charge in [0.1, 0.15) is 5.56 Å². The maximum Gasteiger partial charge on any atom is 0.341 e. The Morgan fingerprint density at radius 1 is 1.56 bits per heavy atom. The third-order valence-corrected chi connectivity index (χ3v) is 2.95. The number of carboxylic acids is 1. The molecule has 0 unspecified atom stereocenters. The van der Waals surface area contributed by atoms with Crippen LogP contribution in [0.2, 0.25) is 0 Å². The monoisotopic (exact) mass is 245 g/mol. The summed E-state index contributed by atoms with van der Waals surface area (Å²) in [4.78, 5) is 15.5. The Labute approximate surface area is 106 Å². The predicted octanol–water partition coefficient (Wildman–Crippen LogP) is 2.06. The van der Waals surface area contributed by atoms with Gasteiger partial charge in [-0.1, -0.05) is 5.92 Å². The number of carboxylic acid groups (broad SMARTS) is 1. The van der Waals surface area contributed by atoms with Crippen molar-refractivity contribution >= 4 is 5.97 Å². The quantitative estimate of drug-likeness (QED) is 0.828. The molecule has 0 spiro atoms. The largest absolute Gasteiger partial charge is 0.477 e. The highest BCUT2D eigenvalue weighted by molar-refractivity contribution is 5.90. The molecule has 0 radical (unpaired) electrons. The minimum absolute atomic E-state index is 0.0824. The summed E-state index contributed by atoms with van der Waals surface area (Å²) in [5, 5.41) is 9.19. The second-order valence-corrected chi connectivity index (χ2v) is 4.86. The van der Waals surface area contributed by atoms with Crippen LogP contribution in [0, 0.1) is 12.3 Å². The zero-order valence-electron chi connectivity index (χ0n) is 10.5. The number of aromatic nitrogens is 1. The van der Waals surface area contributed by atoms with E-state index in [1.807, 2.05) is 0 Å². The van der Waals surface area contributed by atoms with Crippen molar-refractivity contribution in [3.8, 4) is 18.2 Å². The SMILES string of the molecule is C#CC(C)(C)Oc1nc2c(cc1C(=O)O)CCC2. The molecule has 0 saturated carbocycles. The number of aryl methyl sites for hydroxylation is 2. The van der Waals surface area contributed by atoms with Gasteiger partial charge in [0.25, 0.3) is 0 Å². The number of ether oxygens (including phenoxy) is 1. The molecule has 18 heavy (non-hydrogen) atoms. The first-order chi connectivity index (χ1) is 8.43. The fourth-order valence-electron chi connectivity index (χ4n) is 1.96. The van der Waals surface area contributed by atoms with E-state index in [0.29, 0.717) is 0 Å². The fourth-order valence-corrected chi connectivity index (χ4v) is 1.96. The van der Waals surface area contributed by atoms with Gasteiger partial charge in [-0.05, 0) is 44.7 Å². The van der Waals surface area contributed by atoms with E-state index >= 15 is 0 Å². The fraction of sp³-hybridized carbons (Fsp3) is 0.429. The molecule has 0 bridgehead atoms. The van der Waals surface area contributed by atoms with Crippen LogP contribution in [0.15, 0.2) is 6.07 Å². The summed E-state index contributed by atoms with van der Waals surface area (Å²) < 4.78 is 5.54. The summed E-state index contributed by atoms with van der Waals surface area (Å²) in [7, 11) is 0. The lowest BCUT2D eigenvalue weighted by atomic mass is 10.1. The lowest BCUT2D eigenvalue weighted by Gasteiger charge is -2.21. The standard InChI is InChI=1S/C14H15NO3/c1-4-14(2,3)18-12-10(13(16)17)8-9-6-5-7-11(9)15-12/h1,8H,5-7H2,2-3H3,(H,16,17). The summed E-state index contributed by atoms with van der Waals surface area (Å²) >= 11 is 0. The minimum atomic E-state index is -1.04. The Bertz CT molecular complexity index is 541. The van der Waals surface area contributed by atoms with Crippen molar-refractivity contribution in [2.75, 3.05) is 0 Å². The Balaban J connectivity index is 2.46. The Morgan fingerprint density at radius 2 is 2.28 bits per heavy atom. The summed E-state index contributed by atoms with van der Waals surface area (Å²) in [5.41, 5.74) is 1.13. The maximum absolute atomic E-state index is 11.2. The molecule has 0 fully saturated rings. The van der Waals surface area contributed by atoms with Crippen molar-refractivity contribution in [1.82, 2.24) is 4.98 Å². The first-order valence-electron chi connectivity index (χ1n) is 5.86. The lowest BCUT2D eigenvalue weighted by Crippen LogP contribution is -2.27. The molecule has 94 valence electrons. The van der Waals surface area contributed by atoms with Gasteiger partial charge in [0.2, 0.25) is 5.88 Å². The number of terminal acetylenes is 1. The summed E-state index contributed by atoms with van der Waals surface area (Å²) in [5.74, 6) is 1.54.